The summed E-state index contributed by atoms with van der Waals surface area (Å²) < 4.78 is 15.6. The number of para-hydroxylation sites is 1. The molecule has 0 aliphatic carbocycles. The van der Waals surface area contributed by atoms with E-state index in [0.717, 1.165) is 10.9 Å². The number of fused-ring (bicyclic) bond motifs is 1. The molecule has 3 rings (SSSR count). The molecule has 0 aliphatic rings. The number of carbonyl (C=O) groups excluding carboxylic acids is 1. The van der Waals surface area contributed by atoms with Gasteiger partial charge in [-0.1, -0.05) is 36.4 Å². The van der Waals surface area contributed by atoms with Gasteiger partial charge in [0.1, 0.15) is 5.82 Å². The molecule has 0 spiro atoms. The molecular formula is C18H19FN4O. The van der Waals surface area contributed by atoms with E-state index in [1.165, 1.54) is 6.07 Å². The van der Waals surface area contributed by atoms with Crippen LogP contribution in [0.5, 0.6) is 0 Å². The summed E-state index contributed by atoms with van der Waals surface area (Å²) in [6, 6.07) is 14.0. The third-order valence-corrected chi connectivity index (χ3v) is 3.82. The van der Waals surface area contributed by atoms with Crippen LogP contribution in [0, 0.1) is 5.82 Å². The molecule has 0 bridgehead atoms. The number of hydrogen-bond donors (Lipinski definition) is 2. The molecule has 0 atom stereocenters. The van der Waals surface area contributed by atoms with Crippen LogP contribution in [0.3, 0.4) is 0 Å². The van der Waals surface area contributed by atoms with E-state index in [2.05, 4.69) is 10.4 Å². The average molecular weight is 326 g/mol. The van der Waals surface area contributed by atoms with Crippen LogP contribution in [0.25, 0.3) is 10.9 Å². The van der Waals surface area contributed by atoms with E-state index in [1.807, 2.05) is 24.3 Å². The summed E-state index contributed by atoms with van der Waals surface area (Å²) >= 11 is 0. The van der Waals surface area contributed by atoms with E-state index < -0.39 is 0 Å². The Balaban J connectivity index is 1.94. The molecule has 6 heteroatoms. The summed E-state index contributed by atoms with van der Waals surface area (Å²) in [5.41, 5.74) is 7.11. The van der Waals surface area contributed by atoms with Gasteiger partial charge in [0.25, 0.3) is 5.91 Å². The molecule has 5 nitrogen and oxygen atoms in total. The molecule has 0 unspecified atom stereocenters. The van der Waals surface area contributed by atoms with E-state index >= 15 is 0 Å². The molecule has 0 saturated heterocycles. The number of nitrogens with two attached hydrogens (primary N) is 1. The number of nitrogens with zero attached hydrogens (tertiary/aromatic N) is 2. The Kier molecular flexibility index (Phi) is 4.86. The van der Waals surface area contributed by atoms with Crippen molar-refractivity contribution >= 4 is 16.8 Å². The second-order valence-electron chi connectivity index (χ2n) is 5.51. The van der Waals surface area contributed by atoms with Gasteiger partial charge >= 0.3 is 0 Å². The highest BCUT2D eigenvalue weighted by Gasteiger charge is 2.17. The van der Waals surface area contributed by atoms with Crippen LogP contribution in [0.2, 0.25) is 0 Å². The molecule has 3 N–H and O–H groups in total. The maximum absolute atomic E-state index is 13.9. The zero-order chi connectivity index (χ0) is 16.9. The van der Waals surface area contributed by atoms with Crippen molar-refractivity contribution in [3.8, 4) is 0 Å². The summed E-state index contributed by atoms with van der Waals surface area (Å²) in [7, 11) is 0. The lowest BCUT2D eigenvalue weighted by molar-refractivity contribution is 0.0949. The number of aromatic nitrogens is 2. The zero-order valence-corrected chi connectivity index (χ0v) is 13.2. The number of hydrogen-bond acceptors (Lipinski definition) is 3. The minimum Gasteiger partial charge on any atom is -0.351 e. The van der Waals surface area contributed by atoms with Gasteiger partial charge in [0.2, 0.25) is 0 Å². The van der Waals surface area contributed by atoms with Crippen molar-refractivity contribution in [2.75, 3.05) is 13.1 Å². The van der Waals surface area contributed by atoms with Crippen molar-refractivity contribution in [3.63, 3.8) is 0 Å². The fraction of sp³-hybridized carbons (Fsp3) is 0.222. The SMILES string of the molecule is NCCCNC(=O)c1nn(Cc2ccccc2F)c2ccccc12. The molecule has 24 heavy (non-hydrogen) atoms. The van der Waals surface area contributed by atoms with Crippen LogP contribution in [0.4, 0.5) is 4.39 Å². The lowest BCUT2D eigenvalue weighted by Crippen LogP contribution is -2.26. The Hall–Kier alpha value is -2.73. The molecule has 0 aliphatic heterocycles. The highest BCUT2D eigenvalue weighted by molar-refractivity contribution is 6.04. The average Bonchev–Trinajstić information content (AvgIpc) is 2.96. The largest absolute Gasteiger partial charge is 0.351 e. The topological polar surface area (TPSA) is 72.9 Å². The number of rotatable bonds is 6. The Morgan fingerprint density at radius 1 is 1.17 bits per heavy atom. The normalized spacial score (nSPS) is 10.9. The molecule has 1 heterocycles. The van der Waals surface area contributed by atoms with Crippen LogP contribution < -0.4 is 11.1 Å². The van der Waals surface area contributed by atoms with Gasteiger partial charge in [-0.3, -0.25) is 9.48 Å². The number of nitrogens with one attached hydrogen (secondary N) is 1. The van der Waals surface area contributed by atoms with Crippen molar-refractivity contribution in [2.45, 2.75) is 13.0 Å². The van der Waals surface area contributed by atoms with Gasteiger partial charge in [0.15, 0.2) is 5.69 Å². The highest BCUT2D eigenvalue weighted by atomic mass is 19.1. The van der Waals surface area contributed by atoms with Crippen LogP contribution in [0.1, 0.15) is 22.5 Å². The molecule has 1 amide bonds. The predicted octanol–water partition coefficient (Wildman–Crippen LogP) is 2.30. The molecule has 0 radical (unpaired) electrons. The second-order valence-corrected chi connectivity index (χ2v) is 5.51. The minimum atomic E-state index is -0.286. The van der Waals surface area contributed by atoms with Crippen LogP contribution in [-0.2, 0) is 6.54 Å². The fourth-order valence-corrected chi connectivity index (χ4v) is 2.59. The molecule has 2 aromatic carbocycles. The quantitative estimate of drug-likeness (QED) is 0.683. The number of benzene rings is 2. The summed E-state index contributed by atoms with van der Waals surface area (Å²) in [5, 5.41) is 7.97. The van der Waals surface area contributed by atoms with Crippen LogP contribution in [0.15, 0.2) is 48.5 Å². The lowest BCUT2D eigenvalue weighted by Gasteiger charge is -2.05. The van der Waals surface area contributed by atoms with Gasteiger partial charge in [-0.25, -0.2) is 4.39 Å². The standard InChI is InChI=1S/C18H19FN4O/c19-15-8-3-1-6-13(15)12-23-16-9-4-2-7-14(16)17(22-23)18(24)21-11-5-10-20/h1-4,6-9H,5,10-12,20H2,(H,21,24). The zero-order valence-electron chi connectivity index (χ0n) is 13.2. The van der Waals surface area contributed by atoms with E-state index in [1.54, 1.807) is 22.9 Å². The Bertz CT molecular complexity index is 859. The summed E-state index contributed by atoms with van der Waals surface area (Å²) in [4.78, 5) is 12.4. The monoisotopic (exact) mass is 326 g/mol. The lowest BCUT2D eigenvalue weighted by atomic mass is 10.2. The Labute approximate surface area is 139 Å². The molecule has 0 fully saturated rings. The van der Waals surface area contributed by atoms with Crippen molar-refractivity contribution in [3.05, 3.63) is 65.6 Å². The first-order chi connectivity index (χ1) is 11.7. The van der Waals surface area contributed by atoms with E-state index in [4.69, 9.17) is 5.73 Å². The van der Waals surface area contributed by atoms with Crippen molar-refractivity contribution < 1.29 is 9.18 Å². The third kappa shape index (κ3) is 3.28. The fourth-order valence-electron chi connectivity index (χ4n) is 2.59. The first-order valence-corrected chi connectivity index (χ1v) is 7.88. The maximum atomic E-state index is 13.9. The van der Waals surface area contributed by atoms with Crippen molar-refractivity contribution in [2.24, 2.45) is 5.73 Å². The molecule has 3 aromatic rings. The van der Waals surface area contributed by atoms with Gasteiger partial charge in [0, 0.05) is 17.5 Å². The van der Waals surface area contributed by atoms with Crippen molar-refractivity contribution in [1.82, 2.24) is 15.1 Å². The number of halogens is 1. The summed E-state index contributed by atoms with van der Waals surface area (Å²) in [5.74, 6) is -0.530. The first-order valence-electron chi connectivity index (χ1n) is 7.88. The number of amides is 1. The van der Waals surface area contributed by atoms with Crippen LogP contribution in [-0.4, -0.2) is 28.8 Å². The van der Waals surface area contributed by atoms with Crippen molar-refractivity contribution in [1.29, 1.82) is 0 Å². The van der Waals surface area contributed by atoms with Gasteiger partial charge in [-0.15, -0.1) is 0 Å². The maximum Gasteiger partial charge on any atom is 0.272 e. The van der Waals surface area contributed by atoms with E-state index in [9.17, 15) is 9.18 Å². The van der Waals surface area contributed by atoms with Gasteiger partial charge < -0.3 is 11.1 Å². The van der Waals surface area contributed by atoms with E-state index in [0.29, 0.717) is 30.8 Å². The third-order valence-electron chi connectivity index (χ3n) is 3.82. The molecule has 1 aromatic heterocycles. The first kappa shape index (κ1) is 16.1. The second kappa shape index (κ2) is 7.23. The molecule has 0 saturated carbocycles. The number of carbonyl (C=O) groups is 1. The smallest absolute Gasteiger partial charge is 0.272 e. The van der Waals surface area contributed by atoms with Gasteiger partial charge in [-0.2, -0.15) is 5.10 Å². The molecule has 124 valence electrons. The Morgan fingerprint density at radius 3 is 2.71 bits per heavy atom. The van der Waals surface area contributed by atoms with Crippen LogP contribution >= 0.6 is 0 Å². The van der Waals surface area contributed by atoms with Gasteiger partial charge in [-0.05, 0) is 25.1 Å². The highest BCUT2D eigenvalue weighted by Crippen LogP contribution is 2.20. The summed E-state index contributed by atoms with van der Waals surface area (Å²) in [6.07, 6.45) is 0.708. The predicted molar refractivity (Wildman–Crippen MR) is 91.2 cm³/mol. The minimum absolute atomic E-state index is 0.244. The summed E-state index contributed by atoms with van der Waals surface area (Å²) in [6.45, 7) is 1.29. The molecular weight excluding hydrogens is 307 g/mol. The Morgan fingerprint density at radius 2 is 1.92 bits per heavy atom. The van der Waals surface area contributed by atoms with E-state index in [-0.39, 0.29) is 18.3 Å². The van der Waals surface area contributed by atoms with Gasteiger partial charge in [0.05, 0.1) is 12.1 Å².